The highest BCUT2D eigenvalue weighted by molar-refractivity contribution is 6.10. The highest BCUT2D eigenvalue weighted by Crippen LogP contribution is 2.43. The van der Waals surface area contributed by atoms with Crippen molar-refractivity contribution in [3.8, 4) is 0 Å². The standard InChI is InChI=1S/C22H28N6O3/c1-22-11-8-20(30)28(22)17-7-5-4-6-16(17)21(31)27(22)13-10-19(29)23-18-9-12-26(24-18)15-14-25(2)3/h4-7,9,12H,8,10-11,13-15H2,1-3H3,(H,23,24,29)/t22-/m1/s1. The van der Waals surface area contributed by atoms with E-state index in [0.717, 1.165) is 13.1 Å². The Bertz CT molecular complexity index is 1020. The van der Waals surface area contributed by atoms with Crippen LogP contribution >= 0.6 is 0 Å². The number of likely N-dealkylation sites (N-methyl/N-ethyl adjacent to an activating group) is 1. The fraction of sp³-hybridized carbons (Fsp3) is 0.455. The van der Waals surface area contributed by atoms with Crippen LogP contribution < -0.4 is 10.2 Å². The number of fused-ring (bicyclic) bond motifs is 3. The van der Waals surface area contributed by atoms with E-state index >= 15 is 0 Å². The molecule has 1 atom stereocenters. The minimum absolute atomic E-state index is 0.000153. The lowest BCUT2D eigenvalue weighted by atomic mass is 9.98. The van der Waals surface area contributed by atoms with Gasteiger partial charge in [0.1, 0.15) is 5.66 Å². The predicted molar refractivity (Wildman–Crippen MR) is 117 cm³/mol. The summed E-state index contributed by atoms with van der Waals surface area (Å²) >= 11 is 0. The second kappa shape index (κ2) is 8.14. The Kier molecular flexibility index (Phi) is 5.53. The molecule has 2 aliphatic rings. The van der Waals surface area contributed by atoms with Crippen molar-refractivity contribution < 1.29 is 14.4 Å². The van der Waals surface area contributed by atoms with Crippen molar-refractivity contribution in [2.45, 2.75) is 38.4 Å². The first kappa shape index (κ1) is 21.0. The highest BCUT2D eigenvalue weighted by atomic mass is 16.2. The van der Waals surface area contributed by atoms with Crippen molar-refractivity contribution in [3.05, 3.63) is 42.1 Å². The summed E-state index contributed by atoms with van der Waals surface area (Å²) in [4.78, 5) is 43.8. The van der Waals surface area contributed by atoms with Gasteiger partial charge >= 0.3 is 0 Å². The van der Waals surface area contributed by atoms with E-state index < -0.39 is 5.66 Å². The third-order valence-corrected chi connectivity index (χ3v) is 5.99. The number of rotatable bonds is 7. The molecule has 1 aromatic carbocycles. The number of nitrogens with zero attached hydrogens (tertiary/aromatic N) is 5. The van der Waals surface area contributed by atoms with E-state index in [-0.39, 0.29) is 30.7 Å². The lowest BCUT2D eigenvalue weighted by Gasteiger charge is -2.48. The van der Waals surface area contributed by atoms with E-state index in [1.165, 1.54) is 0 Å². The molecule has 1 fully saturated rings. The molecular formula is C22H28N6O3. The normalized spacial score (nSPS) is 20.3. The molecule has 3 amide bonds. The van der Waals surface area contributed by atoms with Crippen LogP contribution in [0.1, 0.15) is 36.5 Å². The molecular weight excluding hydrogens is 396 g/mol. The van der Waals surface area contributed by atoms with Crippen LogP contribution in [0.2, 0.25) is 0 Å². The number of benzene rings is 1. The van der Waals surface area contributed by atoms with Gasteiger partial charge in [0.25, 0.3) is 5.91 Å². The third kappa shape index (κ3) is 3.93. The zero-order valence-corrected chi connectivity index (χ0v) is 18.2. The van der Waals surface area contributed by atoms with Crippen molar-refractivity contribution in [3.63, 3.8) is 0 Å². The van der Waals surface area contributed by atoms with Gasteiger partial charge in [-0.25, -0.2) is 0 Å². The number of amides is 3. The number of hydrogen-bond acceptors (Lipinski definition) is 5. The monoisotopic (exact) mass is 424 g/mol. The van der Waals surface area contributed by atoms with Crippen LogP contribution in [0, 0.1) is 0 Å². The second-order valence-corrected chi connectivity index (χ2v) is 8.49. The molecule has 0 aliphatic carbocycles. The molecule has 4 rings (SSSR count). The number of hydrogen-bond donors (Lipinski definition) is 1. The lowest BCUT2D eigenvalue weighted by molar-refractivity contribution is -0.117. The summed E-state index contributed by atoms with van der Waals surface area (Å²) in [6.45, 7) is 3.70. The molecule has 1 N–H and O–H groups in total. The number of nitrogens with one attached hydrogen (secondary N) is 1. The van der Waals surface area contributed by atoms with Crippen molar-refractivity contribution in [1.29, 1.82) is 0 Å². The van der Waals surface area contributed by atoms with Crippen molar-refractivity contribution in [1.82, 2.24) is 19.6 Å². The Hall–Kier alpha value is -3.20. The largest absolute Gasteiger partial charge is 0.315 e. The maximum atomic E-state index is 13.2. The summed E-state index contributed by atoms with van der Waals surface area (Å²) in [7, 11) is 3.98. The molecule has 0 radical (unpaired) electrons. The molecule has 0 unspecified atom stereocenters. The van der Waals surface area contributed by atoms with Gasteiger partial charge in [-0.05, 0) is 39.6 Å². The van der Waals surface area contributed by atoms with Crippen LogP contribution in [0.3, 0.4) is 0 Å². The summed E-state index contributed by atoms with van der Waals surface area (Å²) in [5, 5.41) is 7.16. The number of carbonyl (C=O) groups is 3. The van der Waals surface area contributed by atoms with Crippen LogP contribution in [0.25, 0.3) is 0 Å². The summed E-state index contributed by atoms with van der Waals surface area (Å²) in [6, 6.07) is 8.92. The van der Waals surface area contributed by atoms with Crippen LogP contribution in [0.4, 0.5) is 11.5 Å². The topological polar surface area (TPSA) is 90.8 Å². The molecule has 2 aromatic rings. The third-order valence-electron chi connectivity index (χ3n) is 5.99. The first-order valence-corrected chi connectivity index (χ1v) is 10.5. The minimum Gasteiger partial charge on any atom is -0.315 e. The van der Waals surface area contributed by atoms with Crippen molar-refractivity contribution in [2.75, 3.05) is 37.4 Å². The average Bonchev–Trinajstić information content (AvgIpc) is 3.30. The van der Waals surface area contributed by atoms with E-state index in [2.05, 4.69) is 15.3 Å². The van der Waals surface area contributed by atoms with E-state index in [9.17, 15) is 14.4 Å². The number of para-hydroxylation sites is 1. The van der Waals surface area contributed by atoms with Gasteiger partial charge in [-0.3, -0.25) is 24.0 Å². The summed E-state index contributed by atoms with van der Waals surface area (Å²) < 4.78 is 1.78. The van der Waals surface area contributed by atoms with Gasteiger partial charge in [0, 0.05) is 38.2 Å². The molecule has 3 heterocycles. The van der Waals surface area contributed by atoms with Gasteiger partial charge in [-0.2, -0.15) is 5.10 Å². The van der Waals surface area contributed by atoms with Gasteiger partial charge in [-0.15, -0.1) is 0 Å². The lowest BCUT2D eigenvalue weighted by Crippen LogP contribution is -2.62. The zero-order valence-electron chi connectivity index (χ0n) is 18.2. The Morgan fingerprint density at radius 3 is 2.74 bits per heavy atom. The molecule has 9 nitrogen and oxygen atoms in total. The number of aromatic nitrogens is 2. The maximum absolute atomic E-state index is 13.2. The summed E-state index contributed by atoms with van der Waals surface area (Å²) in [5.74, 6) is 0.122. The predicted octanol–water partition coefficient (Wildman–Crippen LogP) is 1.77. The first-order chi connectivity index (χ1) is 14.8. The van der Waals surface area contributed by atoms with Crippen molar-refractivity contribution in [2.24, 2.45) is 0 Å². The van der Waals surface area contributed by atoms with Gasteiger partial charge < -0.3 is 15.1 Å². The second-order valence-electron chi connectivity index (χ2n) is 8.49. The smallest absolute Gasteiger partial charge is 0.257 e. The zero-order chi connectivity index (χ0) is 22.2. The van der Waals surface area contributed by atoms with Gasteiger partial charge in [-0.1, -0.05) is 12.1 Å². The maximum Gasteiger partial charge on any atom is 0.257 e. The minimum atomic E-state index is -0.753. The number of anilines is 2. The fourth-order valence-corrected chi connectivity index (χ4v) is 4.32. The van der Waals surface area contributed by atoms with Gasteiger partial charge in [0.15, 0.2) is 5.82 Å². The summed E-state index contributed by atoms with van der Waals surface area (Å²) in [5.41, 5.74) is 0.396. The molecule has 1 saturated heterocycles. The molecule has 0 spiro atoms. The first-order valence-electron chi connectivity index (χ1n) is 10.5. The average molecular weight is 425 g/mol. The van der Waals surface area contributed by atoms with Crippen LogP contribution in [0.5, 0.6) is 0 Å². The Morgan fingerprint density at radius 1 is 1.19 bits per heavy atom. The molecule has 164 valence electrons. The molecule has 0 saturated carbocycles. The quantitative estimate of drug-likeness (QED) is 0.732. The number of carbonyl (C=O) groups excluding carboxylic acids is 3. The Morgan fingerprint density at radius 2 is 1.97 bits per heavy atom. The van der Waals surface area contributed by atoms with Gasteiger partial charge in [0.05, 0.1) is 17.8 Å². The Labute approximate surface area is 181 Å². The van der Waals surface area contributed by atoms with Crippen LogP contribution in [-0.4, -0.2) is 70.1 Å². The Balaban J connectivity index is 1.44. The molecule has 0 bridgehead atoms. The van der Waals surface area contributed by atoms with Crippen LogP contribution in [0.15, 0.2) is 36.5 Å². The van der Waals surface area contributed by atoms with Gasteiger partial charge in [0.2, 0.25) is 11.8 Å². The highest BCUT2D eigenvalue weighted by Gasteiger charge is 2.52. The SMILES string of the molecule is CN(C)CCn1ccc(NC(=O)CCN2C(=O)c3ccccc3N3C(=O)CC[C@]23C)n1. The summed E-state index contributed by atoms with van der Waals surface area (Å²) in [6.07, 6.45) is 2.87. The molecule has 31 heavy (non-hydrogen) atoms. The fourth-order valence-electron chi connectivity index (χ4n) is 4.32. The molecule has 9 heteroatoms. The van der Waals surface area contributed by atoms with E-state index in [4.69, 9.17) is 0 Å². The van der Waals surface area contributed by atoms with E-state index in [1.54, 1.807) is 32.7 Å². The van der Waals surface area contributed by atoms with Crippen LogP contribution in [-0.2, 0) is 16.1 Å². The molecule has 2 aliphatic heterocycles. The van der Waals surface area contributed by atoms with E-state index in [0.29, 0.717) is 29.9 Å². The molecule has 1 aromatic heterocycles. The van der Waals surface area contributed by atoms with E-state index in [1.807, 2.05) is 39.3 Å². The van der Waals surface area contributed by atoms with Crippen molar-refractivity contribution >= 4 is 29.2 Å².